The van der Waals surface area contributed by atoms with Gasteiger partial charge in [0, 0.05) is 5.56 Å². The van der Waals surface area contributed by atoms with Crippen molar-refractivity contribution in [1.82, 2.24) is 15.5 Å². The van der Waals surface area contributed by atoms with Gasteiger partial charge in [0.2, 0.25) is 11.7 Å². The summed E-state index contributed by atoms with van der Waals surface area (Å²) < 4.78 is 11.0. The maximum atomic E-state index is 12.4. The molecule has 4 rings (SSSR count). The zero-order valence-electron chi connectivity index (χ0n) is 15.9. The van der Waals surface area contributed by atoms with Crippen LogP contribution in [0.3, 0.4) is 0 Å². The number of benzene rings is 2. The number of carbonyl (C=O) groups excluding carboxylic acids is 1. The lowest BCUT2D eigenvalue weighted by Crippen LogP contribution is -2.36. The van der Waals surface area contributed by atoms with Gasteiger partial charge in [-0.15, -0.1) is 0 Å². The van der Waals surface area contributed by atoms with Crippen LogP contribution in [0.5, 0.6) is 5.75 Å². The number of aromatic nitrogens is 2. The highest BCUT2D eigenvalue weighted by Crippen LogP contribution is 2.25. The van der Waals surface area contributed by atoms with Crippen molar-refractivity contribution in [2.45, 2.75) is 45.3 Å². The van der Waals surface area contributed by atoms with Crippen molar-refractivity contribution in [3.63, 3.8) is 0 Å². The minimum Gasteiger partial charge on any atom is -0.481 e. The Morgan fingerprint density at radius 3 is 2.75 bits per heavy atom. The molecule has 1 aliphatic carbocycles. The van der Waals surface area contributed by atoms with E-state index in [-0.39, 0.29) is 12.5 Å². The SMILES string of the molecule is C[C@H](Oc1ccc2c(c1)CCCC2)C(=O)NCc1nc(-c2ccccc2)no1. The lowest BCUT2D eigenvalue weighted by molar-refractivity contribution is -0.127. The van der Waals surface area contributed by atoms with Crippen LogP contribution in [0.4, 0.5) is 0 Å². The van der Waals surface area contributed by atoms with E-state index in [1.165, 1.54) is 24.0 Å². The summed E-state index contributed by atoms with van der Waals surface area (Å²) in [5, 5.41) is 6.74. The zero-order chi connectivity index (χ0) is 19.3. The van der Waals surface area contributed by atoms with Crippen molar-refractivity contribution in [3.05, 3.63) is 65.5 Å². The summed E-state index contributed by atoms with van der Waals surface area (Å²) >= 11 is 0. The molecule has 144 valence electrons. The molecule has 28 heavy (non-hydrogen) atoms. The van der Waals surface area contributed by atoms with Crippen LogP contribution < -0.4 is 10.1 Å². The number of hydrogen-bond donors (Lipinski definition) is 1. The number of aryl methyl sites for hydroxylation is 2. The second-order valence-electron chi connectivity index (χ2n) is 6.99. The molecule has 0 saturated carbocycles. The van der Waals surface area contributed by atoms with Gasteiger partial charge in [-0.25, -0.2) is 0 Å². The molecular weight excluding hydrogens is 354 g/mol. The van der Waals surface area contributed by atoms with Crippen LogP contribution in [-0.4, -0.2) is 22.2 Å². The van der Waals surface area contributed by atoms with Gasteiger partial charge >= 0.3 is 0 Å². The fourth-order valence-electron chi connectivity index (χ4n) is 3.38. The first kappa shape index (κ1) is 18.2. The Hall–Kier alpha value is -3.15. The molecule has 0 bridgehead atoms. The number of nitrogens with zero attached hydrogens (tertiary/aromatic N) is 2. The van der Waals surface area contributed by atoms with E-state index in [0.29, 0.717) is 11.7 Å². The smallest absolute Gasteiger partial charge is 0.261 e. The van der Waals surface area contributed by atoms with Crippen molar-refractivity contribution >= 4 is 5.91 Å². The third kappa shape index (κ3) is 4.22. The maximum absolute atomic E-state index is 12.4. The van der Waals surface area contributed by atoms with Crippen LogP contribution in [-0.2, 0) is 24.2 Å². The lowest BCUT2D eigenvalue weighted by atomic mass is 9.92. The fourth-order valence-corrected chi connectivity index (χ4v) is 3.38. The molecule has 0 aliphatic heterocycles. The summed E-state index contributed by atoms with van der Waals surface area (Å²) in [7, 11) is 0. The number of carbonyl (C=O) groups is 1. The van der Waals surface area contributed by atoms with Gasteiger partial charge in [-0.05, 0) is 55.9 Å². The number of fused-ring (bicyclic) bond motifs is 1. The largest absolute Gasteiger partial charge is 0.481 e. The molecule has 1 aromatic heterocycles. The predicted octanol–water partition coefficient (Wildman–Crippen LogP) is 3.70. The molecule has 0 radical (unpaired) electrons. The zero-order valence-corrected chi connectivity index (χ0v) is 15.9. The average molecular weight is 377 g/mol. The molecule has 2 aromatic carbocycles. The van der Waals surface area contributed by atoms with Crippen molar-refractivity contribution in [1.29, 1.82) is 0 Å². The number of rotatable bonds is 6. The van der Waals surface area contributed by atoms with Gasteiger partial charge in [-0.3, -0.25) is 4.79 Å². The highest BCUT2D eigenvalue weighted by atomic mass is 16.5. The van der Waals surface area contributed by atoms with Gasteiger partial charge in [0.15, 0.2) is 6.10 Å². The fraction of sp³-hybridized carbons (Fsp3) is 0.318. The molecule has 0 unspecified atom stereocenters. The third-order valence-corrected chi connectivity index (χ3v) is 4.92. The number of hydrogen-bond acceptors (Lipinski definition) is 5. The van der Waals surface area contributed by atoms with E-state index >= 15 is 0 Å². The summed E-state index contributed by atoms with van der Waals surface area (Å²) in [5.41, 5.74) is 3.59. The quantitative estimate of drug-likeness (QED) is 0.709. The predicted molar refractivity (Wildman–Crippen MR) is 105 cm³/mol. The highest BCUT2D eigenvalue weighted by molar-refractivity contribution is 5.80. The van der Waals surface area contributed by atoms with Gasteiger partial charge < -0.3 is 14.6 Å². The molecule has 1 atom stereocenters. The number of ether oxygens (including phenoxy) is 1. The van der Waals surface area contributed by atoms with E-state index in [2.05, 4.69) is 27.6 Å². The molecule has 0 fully saturated rings. The molecule has 0 spiro atoms. The molecule has 1 heterocycles. The van der Waals surface area contributed by atoms with Gasteiger partial charge in [-0.1, -0.05) is 41.6 Å². The normalized spacial score (nSPS) is 14.2. The van der Waals surface area contributed by atoms with Crippen molar-refractivity contribution < 1.29 is 14.1 Å². The molecule has 3 aromatic rings. The molecule has 0 saturated heterocycles. The summed E-state index contributed by atoms with van der Waals surface area (Å²) in [6.45, 7) is 1.90. The van der Waals surface area contributed by atoms with Crippen LogP contribution >= 0.6 is 0 Å². The summed E-state index contributed by atoms with van der Waals surface area (Å²) in [5.74, 6) is 1.36. The Morgan fingerprint density at radius 2 is 1.93 bits per heavy atom. The first-order valence-electron chi connectivity index (χ1n) is 9.63. The van der Waals surface area contributed by atoms with Gasteiger partial charge in [-0.2, -0.15) is 4.98 Å². The minimum atomic E-state index is -0.613. The van der Waals surface area contributed by atoms with Crippen molar-refractivity contribution in [2.75, 3.05) is 0 Å². The Balaban J connectivity index is 1.32. The van der Waals surface area contributed by atoms with Crippen LogP contribution in [0.2, 0.25) is 0 Å². The molecule has 1 amide bonds. The van der Waals surface area contributed by atoms with Crippen LogP contribution in [0.25, 0.3) is 11.4 Å². The first-order valence-corrected chi connectivity index (χ1v) is 9.63. The summed E-state index contributed by atoms with van der Waals surface area (Å²) in [6, 6.07) is 15.7. The van der Waals surface area contributed by atoms with Crippen LogP contribution in [0.15, 0.2) is 53.1 Å². The van der Waals surface area contributed by atoms with E-state index in [1.807, 2.05) is 36.4 Å². The van der Waals surface area contributed by atoms with E-state index in [0.717, 1.165) is 24.2 Å². The number of amides is 1. The minimum absolute atomic E-state index is 0.163. The van der Waals surface area contributed by atoms with E-state index in [9.17, 15) is 4.79 Å². The molecule has 6 nitrogen and oxygen atoms in total. The lowest BCUT2D eigenvalue weighted by Gasteiger charge is -2.19. The Kier molecular flexibility index (Phi) is 5.37. The molecule has 1 N–H and O–H groups in total. The highest BCUT2D eigenvalue weighted by Gasteiger charge is 2.17. The van der Waals surface area contributed by atoms with Crippen molar-refractivity contribution in [2.24, 2.45) is 0 Å². The van der Waals surface area contributed by atoms with Gasteiger partial charge in [0.1, 0.15) is 5.75 Å². The number of nitrogens with one attached hydrogen (secondary N) is 1. The average Bonchev–Trinajstić information content (AvgIpc) is 3.21. The Morgan fingerprint density at radius 1 is 1.14 bits per heavy atom. The summed E-state index contributed by atoms with van der Waals surface area (Å²) in [4.78, 5) is 16.7. The maximum Gasteiger partial charge on any atom is 0.261 e. The van der Waals surface area contributed by atoms with E-state index < -0.39 is 6.10 Å². The van der Waals surface area contributed by atoms with Crippen molar-refractivity contribution in [3.8, 4) is 17.1 Å². The monoisotopic (exact) mass is 377 g/mol. The second-order valence-corrected chi connectivity index (χ2v) is 6.99. The Bertz CT molecular complexity index is 953. The van der Waals surface area contributed by atoms with Crippen LogP contribution in [0, 0.1) is 0 Å². The molecule has 6 heteroatoms. The van der Waals surface area contributed by atoms with Gasteiger partial charge in [0.25, 0.3) is 5.91 Å². The van der Waals surface area contributed by atoms with Gasteiger partial charge in [0.05, 0.1) is 6.54 Å². The topological polar surface area (TPSA) is 77.2 Å². The molecular formula is C22H23N3O3. The second kappa shape index (κ2) is 8.25. The van der Waals surface area contributed by atoms with Crippen LogP contribution in [0.1, 0.15) is 36.8 Å². The summed E-state index contributed by atoms with van der Waals surface area (Å²) in [6.07, 6.45) is 4.04. The molecule has 1 aliphatic rings. The van der Waals surface area contributed by atoms with E-state index in [4.69, 9.17) is 9.26 Å². The Labute approximate surface area is 163 Å². The first-order chi connectivity index (χ1) is 13.7. The third-order valence-electron chi connectivity index (χ3n) is 4.92. The van der Waals surface area contributed by atoms with E-state index in [1.54, 1.807) is 6.92 Å². The standard InChI is InChI=1S/C22H23N3O3/c1-15(27-19-12-11-16-7-5-6-10-18(16)13-19)22(26)23-14-20-24-21(25-28-20)17-8-3-2-4-9-17/h2-4,8-9,11-13,15H,5-7,10,14H2,1H3,(H,23,26)/t15-/m0/s1.